The average molecular weight is 322 g/mol. The van der Waals surface area contributed by atoms with E-state index in [1.54, 1.807) is 0 Å². The zero-order chi connectivity index (χ0) is 17.0. The van der Waals surface area contributed by atoms with Crippen molar-refractivity contribution in [1.29, 1.82) is 0 Å². The van der Waals surface area contributed by atoms with Crippen molar-refractivity contribution in [3.63, 3.8) is 0 Å². The largest absolute Gasteiger partial charge is 0.493 e. The molecule has 0 fully saturated rings. The van der Waals surface area contributed by atoms with E-state index in [2.05, 4.69) is 19.9 Å². The molecule has 0 radical (unpaired) electrons. The number of hydrogen-bond donors (Lipinski definition) is 2. The normalized spacial score (nSPS) is 13.7. The predicted molar refractivity (Wildman–Crippen MR) is 97.9 cm³/mol. The van der Waals surface area contributed by atoms with Gasteiger partial charge in [-0.3, -0.25) is 0 Å². The van der Waals surface area contributed by atoms with E-state index in [-0.39, 0.29) is 6.61 Å². The summed E-state index contributed by atoms with van der Waals surface area (Å²) >= 11 is 0. The lowest BCUT2D eigenvalue weighted by Crippen LogP contribution is -2.43. The molecule has 0 bridgehead atoms. The van der Waals surface area contributed by atoms with Gasteiger partial charge in [-0.15, -0.1) is 0 Å². The third-order valence-electron chi connectivity index (χ3n) is 4.43. The maximum atomic E-state index is 9.55. The SMILES string of the molecule is CCCCCCCOc1ccccc1CCC(N)(CO)CCC. The van der Waals surface area contributed by atoms with E-state index in [1.165, 1.54) is 31.2 Å². The summed E-state index contributed by atoms with van der Waals surface area (Å²) in [5.74, 6) is 0.972. The van der Waals surface area contributed by atoms with Gasteiger partial charge in [0.05, 0.1) is 13.2 Å². The summed E-state index contributed by atoms with van der Waals surface area (Å²) < 4.78 is 5.97. The first-order chi connectivity index (χ1) is 11.1. The lowest BCUT2D eigenvalue weighted by Gasteiger charge is -2.27. The van der Waals surface area contributed by atoms with Crippen LogP contribution in [0.1, 0.15) is 70.8 Å². The van der Waals surface area contributed by atoms with Crippen LogP contribution in [-0.4, -0.2) is 23.9 Å². The highest BCUT2D eigenvalue weighted by atomic mass is 16.5. The van der Waals surface area contributed by atoms with Gasteiger partial charge in [-0.1, -0.05) is 64.2 Å². The molecule has 0 aromatic heterocycles. The molecule has 1 atom stereocenters. The number of aryl methyl sites for hydroxylation is 1. The number of benzene rings is 1. The van der Waals surface area contributed by atoms with E-state index in [0.717, 1.165) is 44.5 Å². The van der Waals surface area contributed by atoms with Gasteiger partial charge in [0, 0.05) is 5.54 Å². The molecule has 23 heavy (non-hydrogen) atoms. The van der Waals surface area contributed by atoms with E-state index in [9.17, 15) is 5.11 Å². The van der Waals surface area contributed by atoms with E-state index >= 15 is 0 Å². The van der Waals surface area contributed by atoms with Crippen LogP contribution in [0.3, 0.4) is 0 Å². The number of unbranched alkanes of at least 4 members (excludes halogenated alkanes) is 4. The van der Waals surface area contributed by atoms with Crippen molar-refractivity contribution in [1.82, 2.24) is 0 Å². The van der Waals surface area contributed by atoms with Gasteiger partial charge in [0.1, 0.15) is 5.75 Å². The molecular formula is C20H35NO2. The van der Waals surface area contributed by atoms with Gasteiger partial charge < -0.3 is 15.6 Å². The maximum absolute atomic E-state index is 9.55. The third-order valence-corrected chi connectivity index (χ3v) is 4.43. The number of rotatable bonds is 13. The molecular weight excluding hydrogens is 286 g/mol. The molecule has 1 rings (SSSR count). The Morgan fingerprint density at radius 2 is 1.74 bits per heavy atom. The minimum atomic E-state index is -0.470. The van der Waals surface area contributed by atoms with Crippen LogP contribution in [0.25, 0.3) is 0 Å². The van der Waals surface area contributed by atoms with Crippen molar-refractivity contribution >= 4 is 0 Å². The summed E-state index contributed by atoms with van der Waals surface area (Å²) in [6.45, 7) is 5.16. The number of aliphatic hydroxyl groups excluding tert-OH is 1. The zero-order valence-corrected chi connectivity index (χ0v) is 15.0. The quantitative estimate of drug-likeness (QED) is 0.527. The summed E-state index contributed by atoms with van der Waals surface area (Å²) in [5, 5.41) is 9.55. The second-order valence-electron chi connectivity index (χ2n) is 6.64. The fourth-order valence-electron chi connectivity index (χ4n) is 2.90. The van der Waals surface area contributed by atoms with Crippen LogP contribution in [0.4, 0.5) is 0 Å². The molecule has 3 nitrogen and oxygen atoms in total. The van der Waals surface area contributed by atoms with Gasteiger partial charge >= 0.3 is 0 Å². The summed E-state index contributed by atoms with van der Waals surface area (Å²) in [6, 6.07) is 8.21. The smallest absolute Gasteiger partial charge is 0.122 e. The standard InChI is InChI=1S/C20H35NO2/c1-3-5-6-7-10-16-23-19-12-9-8-11-18(19)13-15-20(21,17-22)14-4-2/h8-9,11-12,22H,3-7,10,13-17,21H2,1-2H3. The van der Waals surface area contributed by atoms with Crippen LogP contribution in [0.15, 0.2) is 24.3 Å². The first-order valence-corrected chi connectivity index (χ1v) is 9.25. The topological polar surface area (TPSA) is 55.5 Å². The number of ether oxygens (including phenoxy) is 1. The first kappa shape index (κ1) is 20.0. The van der Waals surface area contributed by atoms with Crippen molar-refractivity contribution in [3.8, 4) is 5.75 Å². The van der Waals surface area contributed by atoms with E-state index in [1.807, 2.05) is 18.2 Å². The molecule has 0 spiro atoms. The van der Waals surface area contributed by atoms with E-state index in [4.69, 9.17) is 10.5 Å². The molecule has 0 amide bonds. The molecule has 1 unspecified atom stereocenters. The van der Waals surface area contributed by atoms with Crippen LogP contribution in [0.2, 0.25) is 0 Å². The monoisotopic (exact) mass is 321 g/mol. The van der Waals surface area contributed by atoms with Gasteiger partial charge in [-0.2, -0.15) is 0 Å². The minimum absolute atomic E-state index is 0.0429. The molecule has 3 heteroatoms. The first-order valence-electron chi connectivity index (χ1n) is 9.25. The Bertz CT molecular complexity index is 422. The Balaban J connectivity index is 2.47. The number of para-hydroxylation sites is 1. The van der Waals surface area contributed by atoms with Crippen molar-refractivity contribution in [2.45, 2.75) is 77.2 Å². The zero-order valence-electron chi connectivity index (χ0n) is 15.0. The fraction of sp³-hybridized carbons (Fsp3) is 0.700. The Morgan fingerprint density at radius 1 is 1.00 bits per heavy atom. The predicted octanol–water partition coefficient (Wildman–Crippen LogP) is 4.46. The number of nitrogens with two attached hydrogens (primary N) is 1. The number of aliphatic hydroxyl groups is 1. The Morgan fingerprint density at radius 3 is 2.43 bits per heavy atom. The van der Waals surface area contributed by atoms with Crippen molar-refractivity contribution < 1.29 is 9.84 Å². The highest BCUT2D eigenvalue weighted by molar-refractivity contribution is 5.33. The van der Waals surface area contributed by atoms with Crippen molar-refractivity contribution in [2.24, 2.45) is 5.73 Å². The molecule has 0 aliphatic heterocycles. The Hall–Kier alpha value is -1.06. The molecule has 0 aliphatic rings. The summed E-state index contributed by atoms with van der Waals surface area (Å²) in [6.07, 6.45) is 9.71. The minimum Gasteiger partial charge on any atom is -0.493 e. The Labute approximate surface area is 142 Å². The lowest BCUT2D eigenvalue weighted by atomic mass is 9.88. The van der Waals surface area contributed by atoms with E-state index in [0.29, 0.717) is 0 Å². The van der Waals surface area contributed by atoms with Crippen molar-refractivity contribution in [3.05, 3.63) is 29.8 Å². The fourth-order valence-corrected chi connectivity index (χ4v) is 2.90. The van der Waals surface area contributed by atoms with Crippen molar-refractivity contribution in [2.75, 3.05) is 13.2 Å². The van der Waals surface area contributed by atoms with Gasteiger partial charge in [0.25, 0.3) is 0 Å². The number of hydrogen-bond acceptors (Lipinski definition) is 3. The highest BCUT2D eigenvalue weighted by Gasteiger charge is 2.23. The average Bonchev–Trinajstić information content (AvgIpc) is 2.57. The van der Waals surface area contributed by atoms with Crippen LogP contribution in [-0.2, 0) is 6.42 Å². The van der Waals surface area contributed by atoms with Crippen LogP contribution >= 0.6 is 0 Å². The third kappa shape index (κ3) is 7.85. The maximum Gasteiger partial charge on any atom is 0.122 e. The summed E-state index contributed by atoms with van der Waals surface area (Å²) in [4.78, 5) is 0. The van der Waals surface area contributed by atoms with Crippen LogP contribution < -0.4 is 10.5 Å². The lowest BCUT2D eigenvalue weighted by molar-refractivity contribution is 0.177. The molecule has 1 aromatic rings. The molecule has 1 aromatic carbocycles. The van der Waals surface area contributed by atoms with Crippen LogP contribution in [0, 0.1) is 0 Å². The molecule has 0 saturated carbocycles. The summed E-state index contributed by atoms with van der Waals surface area (Å²) in [7, 11) is 0. The molecule has 3 N–H and O–H groups in total. The highest BCUT2D eigenvalue weighted by Crippen LogP contribution is 2.24. The van der Waals surface area contributed by atoms with Gasteiger partial charge in [-0.25, -0.2) is 0 Å². The van der Waals surface area contributed by atoms with Gasteiger partial charge in [0.2, 0.25) is 0 Å². The second kappa shape index (κ2) is 11.5. The van der Waals surface area contributed by atoms with E-state index < -0.39 is 5.54 Å². The van der Waals surface area contributed by atoms with Gasteiger partial charge in [-0.05, 0) is 37.3 Å². The van der Waals surface area contributed by atoms with Crippen LogP contribution in [0.5, 0.6) is 5.75 Å². The Kier molecular flexibility index (Phi) is 9.97. The second-order valence-corrected chi connectivity index (χ2v) is 6.64. The molecule has 132 valence electrons. The molecule has 0 saturated heterocycles. The molecule has 0 aliphatic carbocycles. The summed E-state index contributed by atoms with van der Waals surface area (Å²) in [5.41, 5.74) is 7.01. The molecule has 0 heterocycles. The van der Waals surface area contributed by atoms with Gasteiger partial charge in [0.15, 0.2) is 0 Å².